The SMILES string of the molecule is CNCCCC[C@@H]1NC(=O)[C@@H](C)NC(=O)[C@H](CCCCNC)NC(=O)[C@@H](CCCCNC(=O)CCS)NC(=O)[C@H](CCCCNC)NC(=O)[C@@H](C)NC1=O. The summed E-state index contributed by atoms with van der Waals surface area (Å²) < 4.78 is 0. The normalized spacial score (nSPS) is 23.5. The summed E-state index contributed by atoms with van der Waals surface area (Å²) in [6.07, 6.45) is 6.22. The molecule has 0 aliphatic carbocycles. The van der Waals surface area contributed by atoms with Gasteiger partial charge >= 0.3 is 0 Å². The molecule has 1 aliphatic rings. The predicted molar refractivity (Wildman–Crippen MR) is 212 cm³/mol. The van der Waals surface area contributed by atoms with Crippen LogP contribution < -0.4 is 53.2 Å². The summed E-state index contributed by atoms with van der Waals surface area (Å²) in [5.41, 5.74) is 0. The molecule has 18 heteroatoms. The van der Waals surface area contributed by atoms with Crippen molar-refractivity contribution in [2.75, 3.05) is 53.1 Å². The van der Waals surface area contributed by atoms with Crippen LogP contribution in [0.3, 0.4) is 0 Å². The van der Waals surface area contributed by atoms with Crippen LogP contribution in [0.1, 0.15) is 97.3 Å². The van der Waals surface area contributed by atoms with Gasteiger partial charge in [0.25, 0.3) is 0 Å². The van der Waals surface area contributed by atoms with Gasteiger partial charge in [-0.15, -0.1) is 0 Å². The predicted octanol–water partition coefficient (Wildman–Crippen LogP) is -1.28. The Labute approximate surface area is 326 Å². The first kappa shape index (κ1) is 48.5. The standard InChI is InChI=1S/C36H68N10O7S/c1-24-31(48)43-26(14-6-10-19-37-3)33(50)41-25(2)32(49)44-28(16-8-12-21-39-5)35(52)46-29(17-9-13-22-40-30(47)18-23-54)36(53)45-27(34(51)42-24)15-7-11-20-38-4/h24-29,37-39,54H,6-23H2,1-5H3,(H,40,47)(H,41,50)(H,42,51)(H,43,48)(H,44,49)(H,45,53)(H,46,52)/t24-,25-,26+,27+,28+,29-/m1/s1. The van der Waals surface area contributed by atoms with Crippen molar-refractivity contribution in [1.29, 1.82) is 0 Å². The highest BCUT2D eigenvalue weighted by molar-refractivity contribution is 7.80. The monoisotopic (exact) mass is 784 g/mol. The number of unbranched alkanes of at least 4 members (excludes halogenated alkanes) is 4. The second-order valence-electron chi connectivity index (χ2n) is 13.8. The fourth-order valence-corrected chi connectivity index (χ4v) is 6.02. The van der Waals surface area contributed by atoms with E-state index in [-0.39, 0.29) is 38.0 Å². The lowest BCUT2D eigenvalue weighted by molar-refractivity contribution is -0.136. The van der Waals surface area contributed by atoms with E-state index in [1.54, 1.807) is 0 Å². The van der Waals surface area contributed by atoms with E-state index in [0.717, 1.165) is 19.3 Å². The number of nitrogens with one attached hydrogen (secondary N) is 10. The maximum Gasteiger partial charge on any atom is 0.243 e. The van der Waals surface area contributed by atoms with Crippen molar-refractivity contribution in [3.05, 3.63) is 0 Å². The number of thiol groups is 1. The van der Waals surface area contributed by atoms with Crippen LogP contribution in [-0.4, -0.2) is 131 Å². The van der Waals surface area contributed by atoms with Crippen LogP contribution in [0.5, 0.6) is 0 Å². The van der Waals surface area contributed by atoms with Crippen LogP contribution in [0, 0.1) is 0 Å². The van der Waals surface area contributed by atoms with Crippen LogP contribution in [0.4, 0.5) is 0 Å². The summed E-state index contributed by atoms with van der Waals surface area (Å²) in [5, 5.41) is 28.5. The maximum atomic E-state index is 13.9. The second-order valence-corrected chi connectivity index (χ2v) is 14.3. The highest BCUT2D eigenvalue weighted by Crippen LogP contribution is 2.10. The Kier molecular flexibility index (Phi) is 26.0. The highest BCUT2D eigenvalue weighted by atomic mass is 32.1. The first-order chi connectivity index (χ1) is 25.9. The molecule has 1 fully saturated rings. The molecule has 10 N–H and O–H groups in total. The lowest BCUT2D eigenvalue weighted by atomic mass is 10.0. The highest BCUT2D eigenvalue weighted by Gasteiger charge is 2.33. The van der Waals surface area contributed by atoms with E-state index in [4.69, 9.17) is 0 Å². The Balaban J connectivity index is 3.48. The number of hydrogen-bond donors (Lipinski definition) is 11. The molecule has 0 aromatic rings. The molecule has 17 nitrogen and oxygen atoms in total. The molecule has 0 bridgehead atoms. The Morgan fingerprint density at radius 1 is 0.481 bits per heavy atom. The minimum Gasteiger partial charge on any atom is -0.356 e. The molecule has 1 saturated heterocycles. The molecule has 310 valence electrons. The van der Waals surface area contributed by atoms with E-state index in [1.807, 2.05) is 21.1 Å². The third-order valence-corrected chi connectivity index (χ3v) is 9.35. The quantitative estimate of drug-likeness (QED) is 0.0460. The third-order valence-electron chi connectivity index (χ3n) is 9.13. The number of carbonyl (C=O) groups is 7. The van der Waals surface area contributed by atoms with E-state index >= 15 is 0 Å². The van der Waals surface area contributed by atoms with Crippen LogP contribution in [0.15, 0.2) is 0 Å². The first-order valence-corrected chi connectivity index (χ1v) is 20.1. The van der Waals surface area contributed by atoms with Gasteiger partial charge in [0.2, 0.25) is 41.4 Å². The van der Waals surface area contributed by atoms with Gasteiger partial charge in [-0.1, -0.05) is 0 Å². The molecule has 0 aromatic carbocycles. The smallest absolute Gasteiger partial charge is 0.243 e. The van der Waals surface area contributed by atoms with Gasteiger partial charge in [0.1, 0.15) is 36.3 Å². The van der Waals surface area contributed by atoms with Crippen LogP contribution in [0.2, 0.25) is 0 Å². The average molecular weight is 785 g/mol. The first-order valence-electron chi connectivity index (χ1n) is 19.5. The second kappa shape index (κ2) is 28.9. The van der Waals surface area contributed by atoms with Crippen molar-refractivity contribution in [3.63, 3.8) is 0 Å². The summed E-state index contributed by atoms with van der Waals surface area (Å²) in [5.74, 6) is -3.21. The molecule has 0 unspecified atom stereocenters. The molecule has 1 aliphatic heterocycles. The van der Waals surface area contributed by atoms with Crippen molar-refractivity contribution in [2.24, 2.45) is 0 Å². The number of hydrogen-bond acceptors (Lipinski definition) is 11. The van der Waals surface area contributed by atoms with Gasteiger partial charge in [0, 0.05) is 13.0 Å². The summed E-state index contributed by atoms with van der Waals surface area (Å²) in [6.45, 7) is 5.46. The minimum atomic E-state index is -1.07. The summed E-state index contributed by atoms with van der Waals surface area (Å²) >= 11 is 4.08. The number of rotatable bonds is 22. The lowest BCUT2D eigenvalue weighted by Gasteiger charge is -2.28. The molecular weight excluding hydrogens is 717 g/mol. The molecule has 1 heterocycles. The number of carbonyl (C=O) groups excluding carboxylic acids is 7. The van der Waals surface area contributed by atoms with Crippen molar-refractivity contribution >= 4 is 54.0 Å². The van der Waals surface area contributed by atoms with Crippen molar-refractivity contribution < 1.29 is 33.6 Å². The fraction of sp³-hybridized carbons (Fsp3) is 0.806. The van der Waals surface area contributed by atoms with Gasteiger partial charge in [0.05, 0.1) is 0 Å². The van der Waals surface area contributed by atoms with Crippen LogP contribution >= 0.6 is 12.6 Å². The molecule has 0 saturated carbocycles. The Morgan fingerprint density at radius 3 is 1.09 bits per heavy atom. The minimum absolute atomic E-state index is 0.135. The third kappa shape index (κ3) is 20.3. The van der Waals surface area contributed by atoms with Gasteiger partial charge in [-0.3, -0.25) is 33.6 Å². The van der Waals surface area contributed by atoms with Gasteiger partial charge < -0.3 is 53.2 Å². The molecule has 0 spiro atoms. The zero-order chi connectivity index (χ0) is 40.3. The van der Waals surface area contributed by atoms with Crippen molar-refractivity contribution in [3.8, 4) is 0 Å². The molecule has 0 aromatic heterocycles. The van der Waals surface area contributed by atoms with Gasteiger partial charge in [-0.05, 0) is 137 Å². The van der Waals surface area contributed by atoms with Crippen molar-refractivity contribution in [1.82, 2.24) is 53.2 Å². The van der Waals surface area contributed by atoms with E-state index < -0.39 is 71.7 Å². The van der Waals surface area contributed by atoms with E-state index in [9.17, 15) is 33.6 Å². The van der Waals surface area contributed by atoms with Gasteiger partial charge in [-0.25, -0.2) is 0 Å². The Morgan fingerprint density at radius 2 is 0.778 bits per heavy atom. The fourth-order valence-electron chi connectivity index (χ4n) is 5.81. The Bertz CT molecular complexity index is 1170. The number of amides is 7. The largest absolute Gasteiger partial charge is 0.356 e. The van der Waals surface area contributed by atoms with Gasteiger partial charge in [0.15, 0.2) is 0 Å². The zero-order valence-electron chi connectivity index (χ0n) is 33.0. The molecular formula is C36H68N10O7S. The molecule has 6 atom stereocenters. The zero-order valence-corrected chi connectivity index (χ0v) is 33.9. The van der Waals surface area contributed by atoms with Crippen molar-refractivity contribution in [2.45, 2.75) is 134 Å². The van der Waals surface area contributed by atoms with E-state index in [2.05, 4.69) is 65.8 Å². The molecule has 54 heavy (non-hydrogen) atoms. The topological polar surface area (TPSA) is 240 Å². The lowest BCUT2D eigenvalue weighted by Crippen LogP contribution is -2.60. The van der Waals surface area contributed by atoms with Crippen LogP contribution in [-0.2, 0) is 33.6 Å². The average Bonchev–Trinajstić information content (AvgIpc) is 3.13. The van der Waals surface area contributed by atoms with Crippen LogP contribution in [0.25, 0.3) is 0 Å². The van der Waals surface area contributed by atoms with Gasteiger partial charge in [-0.2, -0.15) is 12.6 Å². The van der Waals surface area contributed by atoms with E-state index in [0.29, 0.717) is 64.0 Å². The summed E-state index contributed by atoms with van der Waals surface area (Å²) in [7, 11) is 5.45. The molecule has 0 radical (unpaired) electrons. The Hall–Kier alpha value is -3.48. The van der Waals surface area contributed by atoms with E-state index in [1.165, 1.54) is 13.8 Å². The molecule has 7 amide bonds. The maximum absolute atomic E-state index is 13.9. The summed E-state index contributed by atoms with van der Waals surface area (Å²) in [6, 6.07) is -6.23. The summed E-state index contributed by atoms with van der Waals surface area (Å²) in [4.78, 5) is 93.7. The molecule has 1 rings (SSSR count).